The molecule has 0 fully saturated rings. The molecule has 0 aliphatic carbocycles. The molecular weight excluding hydrogens is 458 g/mol. The van der Waals surface area contributed by atoms with Crippen LogP contribution < -0.4 is 0 Å². The SMILES string of the molecule is c1ccc(Sc2ccc(-c3nc(-n4c5ccccc5c5ccccc54)nc4ccccc34)cc2)cc1. The van der Waals surface area contributed by atoms with Crippen LogP contribution in [0.15, 0.2) is 137 Å². The maximum Gasteiger partial charge on any atom is 0.235 e. The predicted octanol–water partition coefficient (Wildman–Crippen LogP) is 8.55. The fourth-order valence-electron chi connectivity index (χ4n) is 4.83. The van der Waals surface area contributed by atoms with Gasteiger partial charge < -0.3 is 0 Å². The predicted molar refractivity (Wildman–Crippen MR) is 150 cm³/mol. The standard InChI is InChI=1S/C32H21N3S/c1-2-10-23(11-3-1)36-24-20-18-22(19-21-24)31-27-14-4-7-15-28(27)33-32(34-31)35-29-16-8-5-12-25(29)26-13-6-9-17-30(26)35/h1-21H. The molecule has 0 N–H and O–H groups in total. The first-order valence-electron chi connectivity index (χ1n) is 11.9. The highest BCUT2D eigenvalue weighted by Gasteiger charge is 2.16. The third-order valence-electron chi connectivity index (χ3n) is 6.48. The highest BCUT2D eigenvalue weighted by molar-refractivity contribution is 7.99. The minimum absolute atomic E-state index is 0.684. The van der Waals surface area contributed by atoms with Gasteiger partial charge in [0.05, 0.1) is 22.2 Å². The maximum atomic E-state index is 5.17. The largest absolute Gasteiger partial charge is 0.278 e. The number of rotatable bonds is 4. The zero-order valence-electron chi connectivity index (χ0n) is 19.4. The van der Waals surface area contributed by atoms with Crippen LogP contribution >= 0.6 is 11.8 Å². The lowest BCUT2D eigenvalue weighted by Gasteiger charge is -2.12. The van der Waals surface area contributed by atoms with Crippen LogP contribution in [0, 0.1) is 0 Å². The van der Waals surface area contributed by atoms with Crippen LogP contribution in [0.5, 0.6) is 0 Å². The van der Waals surface area contributed by atoms with Crippen LogP contribution in [-0.2, 0) is 0 Å². The second kappa shape index (κ2) is 8.67. The first-order chi connectivity index (χ1) is 17.8. The van der Waals surface area contributed by atoms with Gasteiger partial charge in [0.25, 0.3) is 0 Å². The molecule has 5 aromatic carbocycles. The summed E-state index contributed by atoms with van der Waals surface area (Å²) >= 11 is 1.76. The van der Waals surface area contributed by atoms with Gasteiger partial charge in [-0.05, 0) is 42.5 Å². The first kappa shape index (κ1) is 20.9. The van der Waals surface area contributed by atoms with Crippen LogP contribution in [0.2, 0.25) is 0 Å². The Balaban J connectivity index is 1.41. The highest BCUT2D eigenvalue weighted by Crippen LogP contribution is 2.34. The van der Waals surface area contributed by atoms with Crippen molar-refractivity contribution in [1.29, 1.82) is 0 Å². The zero-order chi connectivity index (χ0) is 23.9. The first-order valence-corrected chi connectivity index (χ1v) is 12.8. The Hall–Kier alpha value is -4.41. The van der Waals surface area contributed by atoms with Crippen molar-refractivity contribution in [2.24, 2.45) is 0 Å². The fraction of sp³-hybridized carbons (Fsp3) is 0. The average molecular weight is 480 g/mol. The molecule has 0 aliphatic rings. The van der Waals surface area contributed by atoms with E-state index < -0.39 is 0 Å². The molecule has 0 bridgehead atoms. The van der Waals surface area contributed by atoms with Gasteiger partial charge in [-0.15, -0.1) is 0 Å². The molecule has 0 saturated heterocycles. The van der Waals surface area contributed by atoms with Gasteiger partial charge in [-0.1, -0.05) is 96.7 Å². The Kier molecular flexibility index (Phi) is 5.04. The van der Waals surface area contributed by atoms with Crippen molar-refractivity contribution in [3.63, 3.8) is 0 Å². The summed E-state index contributed by atoms with van der Waals surface area (Å²) in [6.45, 7) is 0. The summed E-state index contributed by atoms with van der Waals surface area (Å²) in [5, 5.41) is 3.45. The molecule has 7 aromatic rings. The molecule has 2 heterocycles. The molecular formula is C32H21N3S. The van der Waals surface area contributed by atoms with Gasteiger partial charge in [-0.3, -0.25) is 4.57 Å². The number of hydrogen-bond donors (Lipinski definition) is 0. The Morgan fingerprint density at radius 3 is 1.72 bits per heavy atom. The third kappa shape index (κ3) is 3.55. The number of fused-ring (bicyclic) bond motifs is 4. The molecule has 0 saturated carbocycles. The van der Waals surface area contributed by atoms with E-state index in [9.17, 15) is 0 Å². The summed E-state index contributed by atoms with van der Waals surface area (Å²) in [7, 11) is 0. The summed E-state index contributed by atoms with van der Waals surface area (Å²) in [6, 6.07) is 44.3. The van der Waals surface area contributed by atoms with Crippen molar-refractivity contribution in [2.75, 3.05) is 0 Å². The molecule has 0 aliphatic heterocycles. The van der Waals surface area contributed by atoms with Crippen LogP contribution in [-0.4, -0.2) is 14.5 Å². The molecule has 0 spiro atoms. The Bertz CT molecular complexity index is 1800. The third-order valence-corrected chi connectivity index (χ3v) is 7.49. The molecule has 7 rings (SSSR count). The van der Waals surface area contributed by atoms with E-state index in [1.807, 2.05) is 12.1 Å². The molecule has 0 radical (unpaired) electrons. The quantitative estimate of drug-likeness (QED) is 0.253. The second-order valence-corrected chi connectivity index (χ2v) is 9.85. The van der Waals surface area contributed by atoms with E-state index in [1.165, 1.54) is 20.6 Å². The van der Waals surface area contributed by atoms with E-state index in [0.717, 1.165) is 33.2 Å². The normalized spacial score (nSPS) is 11.4. The van der Waals surface area contributed by atoms with Crippen molar-refractivity contribution in [1.82, 2.24) is 14.5 Å². The molecule has 2 aromatic heterocycles. The molecule has 36 heavy (non-hydrogen) atoms. The summed E-state index contributed by atoms with van der Waals surface area (Å²) in [4.78, 5) is 12.6. The fourth-order valence-corrected chi connectivity index (χ4v) is 5.67. The van der Waals surface area contributed by atoms with Gasteiger partial charge in [0.2, 0.25) is 5.95 Å². The van der Waals surface area contributed by atoms with Crippen LogP contribution in [0.3, 0.4) is 0 Å². The maximum absolute atomic E-state index is 5.17. The lowest BCUT2D eigenvalue weighted by Crippen LogP contribution is -2.03. The Labute approximate surface area is 213 Å². The van der Waals surface area contributed by atoms with E-state index in [1.54, 1.807) is 11.8 Å². The van der Waals surface area contributed by atoms with Gasteiger partial charge >= 0.3 is 0 Å². The molecule has 170 valence electrons. The minimum atomic E-state index is 0.684. The van der Waals surface area contributed by atoms with E-state index >= 15 is 0 Å². The van der Waals surface area contributed by atoms with Crippen LogP contribution in [0.25, 0.3) is 49.9 Å². The van der Waals surface area contributed by atoms with Crippen molar-refractivity contribution < 1.29 is 0 Å². The zero-order valence-corrected chi connectivity index (χ0v) is 20.2. The molecule has 0 amide bonds. The topological polar surface area (TPSA) is 30.7 Å². The molecule has 3 nitrogen and oxygen atoms in total. The highest BCUT2D eigenvalue weighted by atomic mass is 32.2. The minimum Gasteiger partial charge on any atom is -0.278 e. The Morgan fingerprint density at radius 1 is 0.472 bits per heavy atom. The second-order valence-electron chi connectivity index (χ2n) is 8.70. The van der Waals surface area contributed by atoms with Gasteiger partial charge in [-0.25, -0.2) is 9.97 Å². The van der Waals surface area contributed by atoms with Gasteiger partial charge in [0.15, 0.2) is 0 Å². The number of para-hydroxylation sites is 3. The van der Waals surface area contributed by atoms with Crippen molar-refractivity contribution in [3.05, 3.63) is 127 Å². The lowest BCUT2D eigenvalue weighted by atomic mass is 10.1. The van der Waals surface area contributed by atoms with E-state index in [2.05, 4.69) is 120 Å². The molecule has 4 heteroatoms. The van der Waals surface area contributed by atoms with Crippen molar-refractivity contribution >= 4 is 44.5 Å². The number of hydrogen-bond acceptors (Lipinski definition) is 3. The Morgan fingerprint density at radius 2 is 1.03 bits per heavy atom. The van der Waals surface area contributed by atoms with Gasteiger partial charge in [0, 0.05) is 31.5 Å². The van der Waals surface area contributed by atoms with E-state index in [-0.39, 0.29) is 0 Å². The summed E-state index contributed by atoms with van der Waals surface area (Å²) in [5.41, 5.74) is 5.16. The lowest BCUT2D eigenvalue weighted by molar-refractivity contribution is 1.01. The average Bonchev–Trinajstić information content (AvgIpc) is 3.28. The van der Waals surface area contributed by atoms with Crippen molar-refractivity contribution in [2.45, 2.75) is 9.79 Å². The summed E-state index contributed by atoms with van der Waals surface area (Å²) < 4.78 is 2.18. The van der Waals surface area contributed by atoms with E-state index in [0.29, 0.717) is 5.95 Å². The van der Waals surface area contributed by atoms with Gasteiger partial charge in [-0.2, -0.15) is 0 Å². The monoisotopic (exact) mass is 479 g/mol. The molecule has 0 atom stereocenters. The molecule has 0 unspecified atom stereocenters. The van der Waals surface area contributed by atoms with Crippen LogP contribution in [0.1, 0.15) is 0 Å². The van der Waals surface area contributed by atoms with Gasteiger partial charge in [0.1, 0.15) is 0 Å². The number of nitrogens with zero attached hydrogens (tertiary/aromatic N) is 3. The number of aromatic nitrogens is 3. The van der Waals surface area contributed by atoms with Crippen LogP contribution in [0.4, 0.5) is 0 Å². The van der Waals surface area contributed by atoms with E-state index in [4.69, 9.17) is 9.97 Å². The van der Waals surface area contributed by atoms with Crippen molar-refractivity contribution in [3.8, 4) is 17.2 Å². The number of benzene rings is 5. The summed E-state index contributed by atoms with van der Waals surface area (Å²) in [5.74, 6) is 0.684. The smallest absolute Gasteiger partial charge is 0.235 e. The summed E-state index contributed by atoms with van der Waals surface area (Å²) in [6.07, 6.45) is 0.